The molecule has 5 nitrogen and oxygen atoms in total. The zero-order valence-corrected chi connectivity index (χ0v) is 10.6. The van der Waals surface area contributed by atoms with Gasteiger partial charge >= 0.3 is 0 Å². The Morgan fingerprint density at radius 2 is 1.94 bits per heavy atom. The highest BCUT2D eigenvalue weighted by molar-refractivity contribution is 5.86. The molecule has 98 valence electrons. The maximum Gasteiger partial charge on any atom is 0.256 e. The zero-order valence-electron chi connectivity index (χ0n) is 10.6. The van der Waals surface area contributed by atoms with E-state index in [9.17, 15) is 9.59 Å². The number of amides is 2. The summed E-state index contributed by atoms with van der Waals surface area (Å²) in [4.78, 5) is 24.3. The summed E-state index contributed by atoms with van der Waals surface area (Å²) in [7, 11) is 1.53. The Bertz CT molecular complexity index is 406. The van der Waals surface area contributed by atoms with Crippen LogP contribution in [0.5, 0.6) is 0 Å². The highest BCUT2D eigenvalue weighted by Crippen LogP contribution is 2.19. The summed E-state index contributed by atoms with van der Waals surface area (Å²) in [6, 6.07) is 9.17. The van der Waals surface area contributed by atoms with Crippen molar-refractivity contribution in [3.63, 3.8) is 0 Å². The molecule has 0 saturated carbocycles. The van der Waals surface area contributed by atoms with Crippen molar-refractivity contribution < 1.29 is 14.3 Å². The van der Waals surface area contributed by atoms with Crippen LogP contribution in [0, 0.1) is 0 Å². The molecule has 0 aliphatic heterocycles. The maximum absolute atomic E-state index is 12.2. The zero-order chi connectivity index (χ0) is 13.5. The first kappa shape index (κ1) is 14.2. The lowest BCUT2D eigenvalue weighted by Crippen LogP contribution is -2.38. The highest BCUT2D eigenvalue weighted by atomic mass is 16.5. The van der Waals surface area contributed by atoms with Crippen molar-refractivity contribution in [2.75, 3.05) is 20.2 Å². The molecule has 0 radical (unpaired) electrons. The van der Waals surface area contributed by atoms with Gasteiger partial charge in [-0.1, -0.05) is 30.3 Å². The van der Waals surface area contributed by atoms with E-state index >= 15 is 0 Å². The fourth-order valence-corrected chi connectivity index (χ4v) is 1.62. The molecule has 0 aromatic heterocycles. The Hall–Kier alpha value is -1.88. The SMILES string of the molecule is CCO[C@@H](C(=O)N(C)CC(N)=O)c1ccccc1. The number of rotatable bonds is 6. The van der Waals surface area contributed by atoms with Gasteiger partial charge in [-0.05, 0) is 12.5 Å². The Morgan fingerprint density at radius 3 is 2.44 bits per heavy atom. The first-order valence-electron chi connectivity index (χ1n) is 5.76. The van der Waals surface area contributed by atoms with Crippen LogP contribution in [0.4, 0.5) is 0 Å². The number of carbonyl (C=O) groups is 2. The van der Waals surface area contributed by atoms with E-state index in [1.807, 2.05) is 37.3 Å². The molecular weight excluding hydrogens is 232 g/mol. The van der Waals surface area contributed by atoms with E-state index in [2.05, 4.69) is 0 Å². The molecule has 1 rings (SSSR count). The molecule has 5 heteroatoms. The van der Waals surface area contributed by atoms with Gasteiger partial charge in [0.2, 0.25) is 5.91 Å². The third kappa shape index (κ3) is 3.85. The molecule has 2 N–H and O–H groups in total. The molecule has 0 aliphatic carbocycles. The minimum Gasteiger partial charge on any atom is -0.368 e. The Kier molecular flexibility index (Phi) is 5.32. The van der Waals surface area contributed by atoms with Crippen LogP contribution in [0.2, 0.25) is 0 Å². The van der Waals surface area contributed by atoms with Crippen LogP contribution >= 0.6 is 0 Å². The van der Waals surface area contributed by atoms with Crippen molar-refractivity contribution in [1.82, 2.24) is 4.90 Å². The molecular formula is C13H18N2O3. The number of benzene rings is 1. The second kappa shape index (κ2) is 6.76. The number of hydrogen-bond acceptors (Lipinski definition) is 3. The first-order chi connectivity index (χ1) is 8.56. The molecule has 1 atom stereocenters. The van der Waals surface area contributed by atoms with Gasteiger partial charge in [-0.2, -0.15) is 0 Å². The topological polar surface area (TPSA) is 72.6 Å². The van der Waals surface area contributed by atoms with Gasteiger partial charge in [0.1, 0.15) is 0 Å². The number of likely N-dealkylation sites (N-methyl/N-ethyl adjacent to an activating group) is 1. The Balaban J connectivity index is 2.85. The number of primary amides is 1. The van der Waals surface area contributed by atoms with Crippen molar-refractivity contribution >= 4 is 11.8 Å². The molecule has 1 aromatic carbocycles. The molecule has 2 amide bonds. The van der Waals surface area contributed by atoms with E-state index in [0.29, 0.717) is 6.61 Å². The Labute approximate surface area is 107 Å². The van der Waals surface area contributed by atoms with Crippen LogP contribution in [0.15, 0.2) is 30.3 Å². The van der Waals surface area contributed by atoms with E-state index < -0.39 is 12.0 Å². The quantitative estimate of drug-likeness (QED) is 0.808. The summed E-state index contributed by atoms with van der Waals surface area (Å²) >= 11 is 0. The van der Waals surface area contributed by atoms with Crippen molar-refractivity contribution in [3.05, 3.63) is 35.9 Å². The summed E-state index contributed by atoms with van der Waals surface area (Å²) in [5.74, 6) is -0.823. The lowest BCUT2D eigenvalue weighted by Gasteiger charge is -2.22. The molecule has 0 unspecified atom stereocenters. The molecule has 0 saturated heterocycles. The van der Waals surface area contributed by atoms with Gasteiger partial charge in [0, 0.05) is 13.7 Å². The molecule has 0 heterocycles. The second-order valence-corrected chi connectivity index (χ2v) is 3.91. The van der Waals surface area contributed by atoms with Crippen molar-refractivity contribution in [2.24, 2.45) is 5.73 Å². The van der Waals surface area contributed by atoms with Gasteiger partial charge in [0.05, 0.1) is 6.54 Å². The third-order valence-corrected chi connectivity index (χ3v) is 2.43. The van der Waals surface area contributed by atoms with Crippen molar-refractivity contribution in [3.8, 4) is 0 Å². The van der Waals surface area contributed by atoms with Crippen LogP contribution in [-0.4, -0.2) is 36.9 Å². The summed E-state index contributed by atoms with van der Waals surface area (Å²) in [6.45, 7) is 2.11. The fourth-order valence-electron chi connectivity index (χ4n) is 1.62. The van der Waals surface area contributed by atoms with Crippen LogP contribution in [0.1, 0.15) is 18.6 Å². The molecule has 0 aliphatic rings. The average Bonchev–Trinajstić information content (AvgIpc) is 2.35. The van der Waals surface area contributed by atoms with Crippen LogP contribution in [0.3, 0.4) is 0 Å². The summed E-state index contributed by atoms with van der Waals surface area (Å²) in [5, 5.41) is 0. The van der Waals surface area contributed by atoms with Crippen molar-refractivity contribution in [1.29, 1.82) is 0 Å². The number of hydrogen-bond donors (Lipinski definition) is 1. The van der Waals surface area contributed by atoms with Gasteiger partial charge < -0.3 is 15.4 Å². The molecule has 18 heavy (non-hydrogen) atoms. The summed E-state index contributed by atoms with van der Waals surface area (Å²) in [6.07, 6.45) is -0.694. The summed E-state index contributed by atoms with van der Waals surface area (Å²) < 4.78 is 5.45. The predicted molar refractivity (Wildman–Crippen MR) is 67.6 cm³/mol. The van der Waals surface area contributed by atoms with E-state index in [0.717, 1.165) is 5.56 Å². The van der Waals surface area contributed by atoms with E-state index in [4.69, 9.17) is 10.5 Å². The van der Waals surface area contributed by atoms with E-state index in [-0.39, 0.29) is 12.5 Å². The van der Waals surface area contributed by atoms with Gasteiger partial charge in [-0.3, -0.25) is 9.59 Å². The fraction of sp³-hybridized carbons (Fsp3) is 0.385. The lowest BCUT2D eigenvalue weighted by atomic mass is 10.1. The predicted octanol–water partition coefficient (Wildman–Crippen LogP) is 0.708. The Morgan fingerprint density at radius 1 is 1.33 bits per heavy atom. The first-order valence-corrected chi connectivity index (χ1v) is 5.76. The van der Waals surface area contributed by atoms with Crippen LogP contribution in [-0.2, 0) is 14.3 Å². The molecule has 1 aromatic rings. The van der Waals surface area contributed by atoms with Crippen LogP contribution < -0.4 is 5.73 Å². The minimum absolute atomic E-state index is 0.116. The number of ether oxygens (including phenoxy) is 1. The lowest BCUT2D eigenvalue weighted by molar-refractivity contribution is -0.144. The standard InChI is InChI=1S/C13H18N2O3/c1-3-18-12(10-7-5-4-6-8-10)13(17)15(2)9-11(14)16/h4-8,12H,3,9H2,1-2H3,(H2,14,16)/t12-/m1/s1. The minimum atomic E-state index is -0.694. The van der Waals surface area contributed by atoms with Gasteiger partial charge in [-0.25, -0.2) is 0 Å². The van der Waals surface area contributed by atoms with Crippen LogP contribution in [0.25, 0.3) is 0 Å². The largest absolute Gasteiger partial charge is 0.368 e. The van der Waals surface area contributed by atoms with Gasteiger partial charge in [0.15, 0.2) is 6.10 Å². The molecule has 0 fully saturated rings. The summed E-state index contributed by atoms with van der Waals surface area (Å²) in [5.41, 5.74) is 5.83. The normalized spacial score (nSPS) is 11.9. The van der Waals surface area contributed by atoms with Gasteiger partial charge in [0.25, 0.3) is 5.91 Å². The monoisotopic (exact) mass is 250 g/mol. The average molecular weight is 250 g/mol. The third-order valence-electron chi connectivity index (χ3n) is 2.43. The number of nitrogens with zero attached hydrogens (tertiary/aromatic N) is 1. The van der Waals surface area contributed by atoms with E-state index in [1.165, 1.54) is 11.9 Å². The van der Waals surface area contributed by atoms with Crippen molar-refractivity contribution in [2.45, 2.75) is 13.0 Å². The smallest absolute Gasteiger partial charge is 0.256 e. The molecule has 0 spiro atoms. The van der Waals surface area contributed by atoms with Gasteiger partial charge in [-0.15, -0.1) is 0 Å². The molecule has 0 bridgehead atoms. The number of nitrogens with two attached hydrogens (primary N) is 1. The highest BCUT2D eigenvalue weighted by Gasteiger charge is 2.24. The van der Waals surface area contributed by atoms with E-state index in [1.54, 1.807) is 0 Å². The number of carbonyl (C=O) groups excluding carboxylic acids is 2. The maximum atomic E-state index is 12.2. The second-order valence-electron chi connectivity index (χ2n) is 3.91.